The van der Waals surface area contributed by atoms with Crippen LogP contribution < -0.4 is 10.2 Å². The predicted molar refractivity (Wildman–Crippen MR) is 164 cm³/mol. The van der Waals surface area contributed by atoms with E-state index in [1.54, 1.807) is 48.5 Å². The number of carbonyl (C=O) groups excluding carboxylic acids is 2. The van der Waals surface area contributed by atoms with Gasteiger partial charge < -0.3 is 9.72 Å². The summed E-state index contributed by atoms with van der Waals surface area (Å²) in [5, 5.41) is 6.26. The van der Waals surface area contributed by atoms with Crippen LogP contribution in [0.4, 0.5) is 0 Å². The Morgan fingerprint density at radius 2 is 1.62 bits per heavy atom. The molecule has 0 aliphatic rings. The summed E-state index contributed by atoms with van der Waals surface area (Å²) in [4.78, 5) is 29.2. The largest absolute Gasteiger partial charge is 0.422 e. The van der Waals surface area contributed by atoms with Crippen LogP contribution in [0, 0.1) is 0 Å². The molecule has 1 aromatic heterocycles. The molecule has 0 unspecified atom stereocenters. The van der Waals surface area contributed by atoms with E-state index in [4.69, 9.17) is 51.1 Å². The van der Waals surface area contributed by atoms with E-state index in [2.05, 4.69) is 31.4 Å². The summed E-state index contributed by atoms with van der Waals surface area (Å²) in [6.07, 6.45) is 1.37. The normalized spacial score (nSPS) is 11.2. The van der Waals surface area contributed by atoms with Gasteiger partial charge in [0, 0.05) is 36.6 Å². The van der Waals surface area contributed by atoms with E-state index >= 15 is 0 Å². The van der Waals surface area contributed by atoms with Gasteiger partial charge >= 0.3 is 5.97 Å². The molecule has 1 amide bonds. The minimum Gasteiger partial charge on any atom is -0.422 e. The van der Waals surface area contributed by atoms with E-state index < -0.39 is 11.9 Å². The van der Waals surface area contributed by atoms with Crippen molar-refractivity contribution in [3.63, 3.8) is 0 Å². The van der Waals surface area contributed by atoms with Crippen molar-refractivity contribution in [2.75, 3.05) is 0 Å². The van der Waals surface area contributed by atoms with Crippen molar-refractivity contribution in [1.82, 2.24) is 10.4 Å². The third-order valence-electron chi connectivity index (χ3n) is 5.84. The molecule has 40 heavy (non-hydrogen) atoms. The van der Waals surface area contributed by atoms with Crippen molar-refractivity contribution in [3.8, 4) is 16.9 Å². The van der Waals surface area contributed by atoms with Crippen LogP contribution in [0.15, 0.2) is 88.4 Å². The van der Waals surface area contributed by atoms with Crippen molar-refractivity contribution in [1.29, 1.82) is 0 Å². The predicted octanol–water partition coefficient (Wildman–Crippen LogP) is 9.19. The van der Waals surface area contributed by atoms with Crippen LogP contribution in [0.3, 0.4) is 0 Å². The Hall–Kier alpha value is -3.33. The van der Waals surface area contributed by atoms with Gasteiger partial charge in [-0.15, -0.1) is 0 Å². The standard InChI is InChI=1S/C29H16BrCl4N3O3/c30-16-11-20-25(18-6-2-3-7-21(18)32)27(36-26(20)23(34)12-16)28(38)37-35-14-15-5-1-4-8-24(15)40-29(39)19-10-9-17(31)13-22(19)33/h1-14,36H,(H,37,38). The molecule has 0 spiro atoms. The number of fused-ring (bicyclic) bond motifs is 1. The Kier molecular flexibility index (Phi) is 8.49. The number of carbonyl (C=O) groups is 2. The first-order valence-electron chi connectivity index (χ1n) is 11.6. The fourth-order valence-electron chi connectivity index (χ4n) is 4.04. The molecule has 4 aromatic carbocycles. The molecule has 0 atom stereocenters. The first-order chi connectivity index (χ1) is 19.2. The maximum absolute atomic E-state index is 13.4. The van der Waals surface area contributed by atoms with E-state index in [1.807, 2.05) is 18.2 Å². The smallest absolute Gasteiger partial charge is 0.345 e. The average molecular weight is 676 g/mol. The summed E-state index contributed by atoms with van der Waals surface area (Å²) in [5.74, 6) is -0.982. The molecule has 0 radical (unpaired) electrons. The monoisotopic (exact) mass is 673 g/mol. The first kappa shape index (κ1) is 28.2. The number of aromatic amines is 1. The minimum absolute atomic E-state index is 0.155. The van der Waals surface area contributed by atoms with Crippen LogP contribution in [0.2, 0.25) is 20.1 Å². The van der Waals surface area contributed by atoms with E-state index in [0.29, 0.717) is 42.7 Å². The van der Waals surface area contributed by atoms with Crippen LogP contribution >= 0.6 is 62.3 Å². The topological polar surface area (TPSA) is 83.5 Å². The number of benzene rings is 4. The highest BCUT2D eigenvalue weighted by Crippen LogP contribution is 2.40. The lowest BCUT2D eigenvalue weighted by Crippen LogP contribution is -2.19. The lowest BCUT2D eigenvalue weighted by Gasteiger charge is -2.09. The number of nitrogens with one attached hydrogen (secondary N) is 2. The number of H-pyrrole nitrogens is 1. The summed E-state index contributed by atoms with van der Waals surface area (Å²) in [5.41, 5.74) is 5.14. The van der Waals surface area contributed by atoms with Crippen molar-refractivity contribution in [3.05, 3.63) is 120 Å². The van der Waals surface area contributed by atoms with Crippen molar-refractivity contribution in [2.45, 2.75) is 0 Å². The highest BCUT2D eigenvalue weighted by Gasteiger charge is 2.22. The zero-order chi connectivity index (χ0) is 28.4. The second-order valence-electron chi connectivity index (χ2n) is 8.42. The number of amides is 1. The van der Waals surface area contributed by atoms with Gasteiger partial charge in [-0.2, -0.15) is 5.10 Å². The number of hydrogen-bond acceptors (Lipinski definition) is 4. The summed E-state index contributed by atoms with van der Waals surface area (Å²) in [6.45, 7) is 0. The van der Waals surface area contributed by atoms with Gasteiger partial charge in [0.15, 0.2) is 0 Å². The van der Waals surface area contributed by atoms with Gasteiger partial charge in [0.2, 0.25) is 0 Å². The molecule has 1 heterocycles. The average Bonchev–Trinajstić information content (AvgIpc) is 3.29. The number of aromatic nitrogens is 1. The van der Waals surface area contributed by atoms with Crippen LogP contribution in [0.25, 0.3) is 22.0 Å². The number of halogens is 5. The molecular weight excluding hydrogens is 660 g/mol. The van der Waals surface area contributed by atoms with Crippen LogP contribution in [-0.2, 0) is 0 Å². The van der Waals surface area contributed by atoms with E-state index in [9.17, 15) is 9.59 Å². The minimum atomic E-state index is -0.669. The zero-order valence-electron chi connectivity index (χ0n) is 20.1. The van der Waals surface area contributed by atoms with E-state index in [-0.39, 0.29) is 22.0 Å². The summed E-state index contributed by atoms with van der Waals surface area (Å²) >= 11 is 28.5. The van der Waals surface area contributed by atoms with E-state index in [1.165, 1.54) is 18.3 Å². The molecule has 0 fully saturated rings. The number of hydrogen-bond donors (Lipinski definition) is 2. The van der Waals surface area contributed by atoms with E-state index in [0.717, 1.165) is 4.47 Å². The molecule has 200 valence electrons. The van der Waals surface area contributed by atoms with Gasteiger partial charge in [-0.1, -0.05) is 92.7 Å². The molecule has 5 rings (SSSR count). The number of ether oxygens (including phenoxy) is 1. The fourth-order valence-corrected chi connectivity index (χ4v) is 5.61. The van der Waals surface area contributed by atoms with Gasteiger partial charge in [-0.25, -0.2) is 10.2 Å². The molecule has 0 aliphatic carbocycles. The van der Waals surface area contributed by atoms with Crippen LogP contribution in [0.5, 0.6) is 5.75 Å². The molecular formula is C29H16BrCl4N3O3. The van der Waals surface area contributed by atoms with Gasteiger partial charge in [-0.05, 0) is 48.5 Å². The van der Waals surface area contributed by atoms with Gasteiger partial charge in [0.1, 0.15) is 11.4 Å². The molecule has 0 saturated carbocycles. The van der Waals surface area contributed by atoms with Gasteiger partial charge in [0.25, 0.3) is 5.91 Å². The number of nitrogens with zero attached hydrogens (tertiary/aromatic N) is 1. The number of hydrazone groups is 1. The Labute approximate surface area is 257 Å². The number of esters is 1. The highest BCUT2D eigenvalue weighted by molar-refractivity contribution is 9.10. The summed E-state index contributed by atoms with van der Waals surface area (Å²) in [7, 11) is 0. The zero-order valence-corrected chi connectivity index (χ0v) is 24.8. The van der Waals surface area contributed by atoms with Crippen LogP contribution in [-0.4, -0.2) is 23.1 Å². The fraction of sp³-hybridized carbons (Fsp3) is 0. The molecule has 0 aliphatic heterocycles. The lowest BCUT2D eigenvalue weighted by atomic mass is 10.0. The van der Waals surface area contributed by atoms with Gasteiger partial charge in [0.05, 0.1) is 27.3 Å². The lowest BCUT2D eigenvalue weighted by molar-refractivity contribution is 0.0734. The Morgan fingerprint density at radius 3 is 2.40 bits per heavy atom. The Balaban J connectivity index is 1.43. The van der Waals surface area contributed by atoms with Crippen LogP contribution in [0.1, 0.15) is 26.4 Å². The SMILES string of the molecule is O=C(Oc1ccccc1C=NNC(=O)c1[nH]c2c(Cl)cc(Br)cc2c1-c1ccccc1Cl)c1ccc(Cl)cc1Cl. The molecule has 6 nitrogen and oxygen atoms in total. The third kappa shape index (κ3) is 5.89. The van der Waals surface area contributed by atoms with Crippen molar-refractivity contribution >= 4 is 91.3 Å². The maximum atomic E-state index is 13.4. The number of para-hydroxylation sites is 1. The highest BCUT2D eigenvalue weighted by atomic mass is 79.9. The third-order valence-corrected chi connectivity index (χ3v) is 7.47. The second-order valence-corrected chi connectivity index (χ2v) is 11.0. The first-order valence-corrected chi connectivity index (χ1v) is 13.9. The molecule has 0 bridgehead atoms. The molecule has 2 N–H and O–H groups in total. The summed E-state index contributed by atoms with van der Waals surface area (Å²) in [6, 6.07) is 22.0. The molecule has 0 saturated heterocycles. The maximum Gasteiger partial charge on any atom is 0.345 e. The second kappa shape index (κ2) is 12.0. The number of rotatable bonds is 6. The van der Waals surface area contributed by atoms with Gasteiger partial charge in [-0.3, -0.25) is 4.79 Å². The molecule has 11 heteroatoms. The van der Waals surface area contributed by atoms with Crippen molar-refractivity contribution in [2.24, 2.45) is 5.10 Å². The summed E-state index contributed by atoms with van der Waals surface area (Å²) < 4.78 is 6.28. The molecule has 5 aromatic rings. The Bertz CT molecular complexity index is 1820. The Morgan fingerprint density at radius 1 is 0.875 bits per heavy atom. The quantitative estimate of drug-likeness (QED) is 0.0815. The van der Waals surface area contributed by atoms with Crippen molar-refractivity contribution < 1.29 is 14.3 Å².